The largest absolute Gasteiger partial charge is 0.447 e. The number of carbonyl (C=O) groups is 3. The Balaban J connectivity index is 1.25. The number of amides is 3. The number of nitrogens with one attached hydrogen (secondary N) is 2. The molecule has 4 aliphatic rings. The van der Waals surface area contributed by atoms with Crippen molar-refractivity contribution in [3.8, 4) is 0 Å². The third-order valence-electron chi connectivity index (χ3n) is 6.25. The van der Waals surface area contributed by atoms with Crippen LogP contribution in [0.25, 0.3) is 0 Å². The number of anilines is 2. The molecule has 3 amide bonds. The molecular weight excluding hydrogens is 448 g/mol. The standard InChI is InChI=1S/C20H22N8O6/c21-16-25-15-12(24-17(22)27-8-7-19(32,33)20(15,27)26-16)9-34-18(31)23-10-1-3-11(4-2-10)28-13(29)5-6-14(28)30/h1-6,12,15,32-33H,7-9H2,(H2,22,24)(H,23,31)(H3,21,25,26). The summed E-state index contributed by atoms with van der Waals surface area (Å²) in [5.74, 6) is -3.05. The minimum Gasteiger partial charge on any atom is -0.447 e. The number of guanidine groups is 2. The average molecular weight is 470 g/mol. The van der Waals surface area contributed by atoms with Gasteiger partial charge in [-0.1, -0.05) is 0 Å². The molecule has 3 unspecified atom stereocenters. The first-order valence-corrected chi connectivity index (χ1v) is 10.4. The molecule has 3 atom stereocenters. The number of nitrogens with two attached hydrogens (primary N) is 2. The molecule has 8 N–H and O–H groups in total. The predicted octanol–water partition coefficient (Wildman–Crippen LogP) is -2.27. The number of hydrogen-bond donors (Lipinski definition) is 6. The Labute approximate surface area is 192 Å². The third kappa shape index (κ3) is 3.14. The lowest BCUT2D eigenvalue weighted by molar-refractivity contribution is -0.221. The maximum atomic E-state index is 12.4. The van der Waals surface area contributed by atoms with Gasteiger partial charge in [-0.15, -0.1) is 0 Å². The molecule has 34 heavy (non-hydrogen) atoms. The second-order valence-electron chi connectivity index (χ2n) is 8.24. The van der Waals surface area contributed by atoms with E-state index in [-0.39, 0.29) is 31.5 Å². The van der Waals surface area contributed by atoms with Gasteiger partial charge in [0.05, 0.1) is 5.69 Å². The van der Waals surface area contributed by atoms with Crippen LogP contribution in [0.2, 0.25) is 0 Å². The van der Waals surface area contributed by atoms with Gasteiger partial charge in [0, 0.05) is 30.8 Å². The maximum Gasteiger partial charge on any atom is 0.411 e. The Morgan fingerprint density at radius 2 is 1.85 bits per heavy atom. The van der Waals surface area contributed by atoms with E-state index in [2.05, 4.69) is 20.6 Å². The minimum atomic E-state index is -2.20. The lowest BCUT2D eigenvalue weighted by Crippen LogP contribution is -2.76. The van der Waals surface area contributed by atoms with Crippen molar-refractivity contribution < 1.29 is 29.3 Å². The summed E-state index contributed by atoms with van der Waals surface area (Å²) in [4.78, 5) is 47.0. The summed E-state index contributed by atoms with van der Waals surface area (Å²) in [5.41, 5.74) is 11.1. The Morgan fingerprint density at radius 1 is 1.18 bits per heavy atom. The number of nitrogens with zero attached hydrogens (tertiary/aromatic N) is 4. The molecule has 0 aromatic heterocycles. The number of aliphatic hydroxyl groups is 2. The van der Waals surface area contributed by atoms with E-state index < -0.39 is 41.4 Å². The van der Waals surface area contributed by atoms with Gasteiger partial charge in [-0.25, -0.2) is 19.7 Å². The summed E-state index contributed by atoms with van der Waals surface area (Å²) in [7, 11) is 0. The highest BCUT2D eigenvalue weighted by molar-refractivity contribution is 6.28. The van der Waals surface area contributed by atoms with Gasteiger partial charge in [0.2, 0.25) is 5.79 Å². The van der Waals surface area contributed by atoms with E-state index in [4.69, 9.17) is 16.2 Å². The van der Waals surface area contributed by atoms with Gasteiger partial charge >= 0.3 is 6.09 Å². The van der Waals surface area contributed by atoms with Crippen LogP contribution in [0.5, 0.6) is 0 Å². The van der Waals surface area contributed by atoms with E-state index in [9.17, 15) is 24.6 Å². The second kappa shape index (κ2) is 7.43. The fourth-order valence-electron chi connectivity index (χ4n) is 4.72. The van der Waals surface area contributed by atoms with Crippen LogP contribution in [0, 0.1) is 0 Å². The van der Waals surface area contributed by atoms with Crippen LogP contribution >= 0.6 is 0 Å². The van der Waals surface area contributed by atoms with E-state index in [1.54, 1.807) is 0 Å². The fourth-order valence-corrected chi connectivity index (χ4v) is 4.72. The van der Waals surface area contributed by atoms with Crippen LogP contribution in [-0.4, -0.2) is 81.6 Å². The zero-order valence-corrected chi connectivity index (χ0v) is 17.7. The highest BCUT2D eigenvalue weighted by atomic mass is 16.5. The molecule has 14 heteroatoms. The zero-order chi connectivity index (χ0) is 24.3. The zero-order valence-electron chi connectivity index (χ0n) is 17.7. The number of rotatable bonds is 4. The van der Waals surface area contributed by atoms with Gasteiger partial charge < -0.3 is 36.6 Å². The van der Waals surface area contributed by atoms with Crippen molar-refractivity contribution in [3.05, 3.63) is 36.4 Å². The summed E-state index contributed by atoms with van der Waals surface area (Å²) in [6.45, 7) is -0.0365. The fraction of sp³-hybridized carbons (Fsp3) is 0.350. The second-order valence-corrected chi connectivity index (χ2v) is 8.24. The normalized spacial score (nSPS) is 28.8. The molecule has 1 aromatic carbocycles. The van der Waals surface area contributed by atoms with Crippen LogP contribution in [0.4, 0.5) is 16.2 Å². The number of aliphatic imine (C=N–C) groups is 2. The Bertz CT molecular complexity index is 1140. The lowest BCUT2D eigenvalue weighted by atomic mass is 9.87. The molecule has 0 saturated carbocycles. The van der Waals surface area contributed by atoms with Crippen molar-refractivity contribution in [1.29, 1.82) is 0 Å². The quantitative estimate of drug-likeness (QED) is 0.205. The van der Waals surface area contributed by atoms with Gasteiger partial charge in [-0.2, -0.15) is 0 Å². The van der Waals surface area contributed by atoms with Crippen molar-refractivity contribution in [1.82, 2.24) is 10.2 Å². The number of ether oxygens (including phenoxy) is 1. The molecule has 1 fully saturated rings. The summed E-state index contributed by atoms with van der Waals surface area (Å²) in [5, 5.41) is 26.7. The molecule has 0 radical (unpaired) electrons. The van der Waals surface area contributed by atoms with Crippen molar-refractivity contribution in [2.45, 2.75) is 30.0 Å². The molecule has 178 valence electrons. The van der Waals surface area contributed by atoms with Crippen LogP contribution in [0.3, 0.4) is 0 Å². The van der Waals surface area contributed by atoms with Gasteiger partial charge in [0.25, 0.3) is 11.8 Å². The van der Waals surface area contributed by atoms with Crippen LogP contribution < -0.4 is 27.0 Å². The van der Waals surface area contributed by atoms with Crippen molar-refractivity contribution in [2.75, 3.05) is 23.4 Å². The third-order valence-corrected chi connectivity index (χ3v) is 6.25. The highest BCUT2D eigenvalue weighted by Crippen LogP contribution is 2.44. The SMILES string of the molecule is NC1=NC2C(COC(=O)Nc3ccc(N4C(=O)C=CC4=O)cc3)N=C(N)N3CCC(O)(O)C23N1. The smallest absolute Gasteiger partial charge is 0.411 e. The molecular formula is C20H22N8O6. The van der Waals surface area contributed by atoms with Crippen molar-refractivity contribution in [2.24, 2.45) is 21.5 Å². The Kier molecular flexibility index (Phi) is 4.73. The van der Waals surface area contributed by atoms with Gasteiger partial charge in [0.1, 0.15) is 18.7 Å². The van der Waals surface area contributed by atoms with Crippen LogP contribution in [-0.2, 0) is 14.3 Å². The number of imide groups is 1. The molecule has 5 rings (SSSR count). The number of benzene rings is 1. The monoisotopic (exact) mass is 470 g/mol. The first-order valence-electron chi connectivity index (χ1n) is 10.4. The summed E-state index contributed by atoms with van der Waals surface area (Å²) in [6.07, 6.45) is 1.54. The number of carbonyl (C=O) groups excluding carboxylic acids is 3. The molecule has 0 aliphatic carbocycles. The van der Waals surface area contributed by atoms with Gasteiger partial charge in [-0.05, 0) is 24.3 Å². The molecule has 4 heterocycles. The maximum absolute atomic E-state index is 12.4. The predicted molar refractivity (Wildman–Crippen MR) is 118 cm³/mol. The van der Waals surface area contributed by atoms with Gasteiger partial charge in [-0.3, -0.25) is 14.9 Å². The first kappa shape index (κ1) is 21.7. The molecule has 14 nitrogen and oxygen atoms in total. The molecule has 1 saturated heterocycles. The van der Waals surface area contributed by atoms with E-state index >= 15 is 0 Å². The topological polar surface area (TPSA) is 208 Å². The average Bonchev–Trinajstić information content (AvgIpc) is 3.40. The molecule has 0 bridgehead atoms. The first-order chi connectivity index (χ1) is 16.1. The van der Waals surface area contributed by atoms with Gasteiger partial charge in [0.15, 0.2) is 17.6 Å². The molecule has 1 spiro atoms. The highest BCUT2D eigenvalue weighted by Gasteiger charge is 2.69. The van der Waals surface area contributed by atoms with E-state index in [1.807, 2.05) is 0 Å². The Morgan fingerprint density at radius 3 is 2.53 bits per heavy atom. The molecule has 4 aliphatic heterocycles. The van der Waals surface area contributed by atoms with E-state index in [1.165, 1.54) is 41.3 Å². The Hall–Kier alpha value is -4.17. The van der Waals surface area contributed by atoms with Crippen molar-refractivity contribution in [3.63, 3.8) is 0 Å². The minimum absolute atomic E-state index is 0.00557. The molecule has 1 aromatic rings. The summed E-state index contributed by atoms with van der Waals surface area (Å²) in [6, 6.07) is 4.34. The van der Waals surface area contributed by atoms with E-state index in [0.717, 1.165) is 4.90 Å². The van der Waals surface area contributed by atoms with Crippen molar-refractivity contribution >= 4 is 41.2 Å². The summed E-state index contributed by atoms with van der Waals surface area (Å²) < 4.78 is 5.29. The van der Waals surface area contributed by atoms with Crippen LogP contribution in [0.1, 0.15) is 6.42 Å². The summed E-state index contributed by atoms with van der Waals surface area (Å²) >= 11 is 0. The van der Waals surface area contributed by atoms with Crippen LogP contribution in [0.15, 0.2) is 46.4 Å². The van der Waals surface area contributed by atoms with E-state index in [0.29, 0.717) is 11.4 Å². The number of hydrogen-bond acceptors (Lipinski definition) is 12. The lowest BCUT2D eigenvalue weighted by Gasteiger charge is -2.48.